The lowest BCUT2D eigenvalue weighted by Crippen LogP contribution is -2.29. The van der Waals surface area contributed by atoms with Crippen LogP contribution in [-0.4, -0.2) is 139 Å². The number of allylic oxidation sites excluding steroid dienone is 2. The van der Waals surface area contributed by atoms with E-state index < -0.39 is 0 Å². The van der Waals surface area contributed by atoms with E-state index in [0.717, 1.165) is 118 Å². The van der Waals surface area contributed by atoms with E-state index in [1.165, 1.54) is 33.5 Å². The highest BCUT2D eigenvalue weighted by Crippen LogP contribution is 2.29. The molecule has 0 saturated carbocycles. The fraction of sp³-hybridized carbons (Fsp3) is 0.667. The quantitative estimate of drug-likeness (QED) is 0.0743. The van der Waals surface area contributed by atoms with Crippen molar-refractivity contribution in [2.24, 2.45) is 0 Å². The number of carbonyl (C=O) groups excluding carboxylic acids is 2. The van der Waals surface area contributed by atoms with Gasteiger partial charge in [-0.25, -0.2) is 9.59 Å². The molecule has 1 aliphatic carbocycles. The number of benzene rings is 1. The summed E-state index contributed by atoms with van der Waals surface area (Å²) in [5.41, 5.74) is 1.37. The summed E-state index contributed by atoms with van der Waals surface area (Å²) in [6.45, 7) is 10.7. The summed E-state index contributed by atoms with van der Waals surface area (Å²) in [4.78, 5) is 33.2. The molecule has 47 heavy (non-hydrogen) atoms. The van der Waals surface area contributed by atoms with Gasteiger partial charge < -0.3 is 34.8 Å². The molecular formula is C36H61N5O4S2. The van der Waals surface area contributed by atoms with Gasteiger partial charge in [-0.2, -0.15) is 0 Å². The molecule has 0 aliphatic heterocycles. The maximum atomic E-state index is 11.9. The van der Waals surface area contributed by atoms with Gasteiger partial charge in [0.2, 0.25) is 0 Å². The maximum absolute atomic E-state index is 11.9. The second-order valence-electron chi connectivity index (χ2n) is 12.1. The van der Waals surface area contributed by atoms with Gasteiger partial charge in [0.25, 0.3) is 0 Å². The molecule has 9 nitrogen and oxygen atoms in total. The molecule has 1 aromatic rings. The van der Waals surface area contributed by atoms with Crippen molar-refractivity contribution < 1.29 is 19.1 Å². The van der Waals surface area contributed by atoms with Crippen LogP contribution in [0.1, 0.15) is 55.3 Å². The molecule has 266 valence electrons. The molecule has 0 heterocycles. The Hall–Kier alpha value is -1.86. The largest absolute Gasteiger partial charge is 0.465 e. The van der Waals surface area contributed by atoms with Crippen LogP contribution in [0.4, 0.5) is 0 Å². The molecule has 2 rings (SSSR count). The number of esters is 2. The highest BCUT2D eigenvalue weighted by atomic mass is 32.2. The van der Waals surface area contributed by atoms with E-state index in [-0.39, 0.29) is 11.9 Å². The van der Waals surface area contributed by atoms with E-state index in [2.05, 4.69) is 52.6 Å². The highest BCUT2D eigenvalue weighted by molar-refractivity contribution is 8.03. The van der Waals surface area contributed by atoms with E-state index in [1.54, 1.807) is 23.5 Å². The number of nitrogens with zero attached hydrogens (tertiary/aromatic N) is 3. The summed E-state index contributed by atoms with van der Waals surface area (Å²) in [6, 6.07) is 7.63. The van der Waals surface area contributed by atoms with Crippen LogP contribution in [0, 0.1) is 0 Å². The topological polar surface area (TPSA) is 86.4 Å². The van der Waals surface area contributed by atoms with Crippen LogP contribution in [0.3, 0.4) is 0 Å². The third-order valence-electron chi connectivity index (χ3n) is 8.08. The first kappa shape index (κ1) is 41.3. The summed E-state index contributed by atoms with van der Waals surface area (Å²) >= 11 is 3.43. The lowest BCUT2D eigenvalue weighted by Gasteiger charge is -2.21. The monoisotopic (exact) mass is 691 g/mol. The van der Waals surface area contributed by atoms with Crippen LogP contribution >= 0.6 is 23.5 Å². The van der Waals surface area contributed by atoms with Gasteiger partial charge in [-0.15, -0.1) is 23.5 Å². The minimum Gasteiger partial charge on any atom is -0.465 e. The number of methoxy groups -OCH3 is 2. The van der Waals surface area contributed by atoms with Gasteiger partial charge in [-0.3, -0.25) is 0 Å². The van der Waals surface area contributed by atoms with Crippen molar-refractivity contribution in [3.8, 4) is 0 Å². The van der Waals surface area contributed by atoms with Crippen molar-refractivity contribution in [3.05, 3.63) is 52.5 Å². The minimum atomic E-state index is -0.276. The van der Waals surface area contributed by atoms with Gasteiger partial charge in [-0.05, 0) is 131 Å². The summed E-state index contributed by atoms with van der Waals surface area (Å²) < 4.78 is 9.80. The second kappa shape index (κ2) is 26.1. The normalized spacial score (nSPS) is 13.3. The Morgan fingerprint density at radius 1 is 0.660 bits per heavy atom. The van der Waals surface area contributed by atoms with Crippen LogP contribution in [0.5, 0.6) is 0 Å². The first-order valence-corrected chi connectivity index (χ1v) is 19.2. The highest BCUT2D eigenvalue weighted by Gasteiger charge is 2.17. The molecule has 0 fully saturated rings. The third-order valence-corrected chi connectivity index (χ3v) is 10.3. The van der Waals surface area contributed by atoms with Crippen LogP contribution in [-0.2, 0) is 14.3 Å². The average molecular weight is 692 g/mol. The number of ether oxygens (including phenoxy) is 2. The summed E-state index contributed by atoms with van der Waals surface area (Å²) in [5.74, 6) is 1.37. The fourth-order valence-corrected chi connectivity index (χ4v) is 7.30. The molecule has 1 aliphatic rings. The Balaban J connectivity index is 1.37. The Labute approximate surface area is 293 Å². The van der Waals surface area contributed by atoms with Gasteiger partial charge in [-0.1, -0.05) is 24.3 Å². The molecule has 0 aromatic heterocycles. The maximum Gasteiger partial charge on any atom is 0.338 e. The Bertz CT molecular complexity index is 1090. The molecule has 0 atom stereocenters. The second-order valence-corrected chi connectivity index (χ2v) is 14.4. The standard InChI is InChI=1S/C36H61N5O4S2/c1-39(25-12-19-37-21-29-46-33-17-8-6-15-31(33)35(42)44-4)23-10-11-24-40(2)27-14-28-41(3)26-13-20-38-22-30-47-34-18-9-7-16-32(34)36(43)45-5/h6,8,15-18,37-38H,7,9-14,19-30H2,1-5H3. The number of hydrogen-bond acceptors (Lipinski definition) is 11. The molecular weight excluding hydrogens is 631 g/mol. The first-order chi connectivity index (χ1) is 22.8. The lowest BCUT2D eigenvalue weighted by molar-refractivity contribution is -0.135. The lowest BCUT2D eigenvalue weighted by atomic mass is 10.1. The van der Waals surface area contributed by atoms with E-state index in [0.29, 0.717) is 5.56 Å². The van der Waals surface area contributed by atoms with Crippen molar-refractivity contribution in [1.29, 1.82) is 0 Å². The van der Waals surface area contributed by atoms with E-state index in [4.69, 9.17) is 9.47 Å². The van der Waals surface area contributed by atoms with Gasteiger partial charge >= 0.3 is 11.9 Å². The molecule has 0 saturated heterocycles. The van der Waals surface area contributed by atoms with Crippen LogP contribution in [0.2, 0.25) is 0 Å². The van der Waals surface area contributed by atoms with Gasteiger partial charge in [0.15, 0.2) is 0 Å². The molecule has 0 radical (unpaired) electrons. The van der Waals surface area contributed by atoms with Crippen molar-refractivity contribution in [2.75, 3.05) is 112 Å². The van der Waals surface area contributed by atoms with Gasteiger partial charge in [0.05, 0.1) is 25.4 Å². The van der Waals surface area contributed by atoms with E-state index in [1.807, 2.05) is 30.3 Å². The Morgan fingerprint density at radius 2 is 1.17 bits per heavy atom. The molecule has 0 bridgehead atoms. The Kier molecular flexibility index (Phi) is 22.9. The Morgan fingerprint density at radius 3 is 1.77 bits per heavy atom. The van der Waals surface area contributed by atoms with Crippen LogP contribution in [0.15, 0.2) is 51.8 Å². The smallest absolute Gasteiger partial charge is 0.338 e. The number of carbonyl (C=O) groups is 2. The van der Waals surface area contributed by atoms with Crippen molar-refractivity contribution in [2.45, 2.75) is 49.8 Å². The molecule has 2 N–H and O–H groups in total. The predicted octanol–water partition coefficient (Wildman–Crippen LogP) is 5.00. The molecule has 0 unspecified atom stereocenters. The number of rotatable bonds is 27. The zero-order valence-electron chi connectivity index (χ0n) is 29.7. The summed E-state index contributed by atoms with van der Waals surface area (Å²) in [5, 5.41) is 7.07. The van der Waals surface area contributed by atoms with E-state index in [9.17, 15) is 9.59 Å². The predicted molar refractivity (Wildman–Crippen MR) is 200 cm³/mol. The van der Waals surface area contributed by atoms with Gasteiger partial charge in [0.1, 0.15) is 0 Å². The van der Waals surface area contributed by atoms with Gasteiger partial charge in [0, 0.05) is 34.4 Å². The zero-order valence-corrected chi connectivity index (χ0v) is 31.3. The van der Waals surface area contributed by atoms with Crippen molar-refractivity contribution >= 4 is 35.5 Å². The molecule has 0 spiro atoms. The summed E-state index contributed by atoms with van der Waals surface area (Å²) in [7, 11) is 9.57. The molecule has 1 aromatic carbocycles. The van der Waals surface area contributed by atoms with E-state index >= 15 is 0 Å². The average Bonchev–Trinajstić information content (AvgIpc) is 3.08. The number of nitrogens with one attached hydrogen (secondary N) is 2. The van der Waals surface area contributed by atoms with Crippen LogP contribution < -0.4 is 10.6 Å². The number of thioether (sulfide) groups is 2. The van der Waals surface area contributed by atoms with Crippen molar-refractivity contribution in [1.82, 2.24) is 25.3 Å². The summed E-state index contributed by atoms with van der Waals surface area (Å²) in [6.07, 6.45) is 12.0. The fourth-order valence-electron chi connectivity index (χ4n) is 5.33. The molecule has 11 heteroatoms. The third kappa shape index (κ3) is 18.5. The molecule has 0 amide bonds. The first-order valence-electron chi connectivity index (χ1n) is 17.2. The minimum absolute atomic E-state index is 0.226. The zero-order chi connectivity index (χ0) is 34.1. The SMILES string of the molecule is COC(=O)C1=CCCC=C1SCCNCCCN(C)CCCN(C)CCCCN(C)CCCNCCSc1ccccc1C(=O)OC. The van der Waals surface area contributed by atoms with Crippen molar-refractivity contribution in [3.63, 3.8) is 0 Å². The van der Waals surface area contributed by atoms with Crippen LogP contribution in [0.25, 0.3) is 0 Å². The number of unbranched alkanes of at least 4 members (excludes halogenated alkanes) is 1. The number of hydrogen-bond donors (Lipinski definition) is 2.